The summed E-state index contributed by atoms with van der Waals surface area (Å²) in [6.45, 7) is 2.54. The van der Waals surface area contributed by atoms with Gasteiger partial charge in [-0.3, -0.25) is 4.79 Å². The standard InChI is InChI=1S/C26H24N6O3/c1-34-19-10-8-18(9-11-19)17-23(33)30-12-14-31(15-13-30)26-27-21-6-3-2-5-20(21)24-28-29-25(32(24)26)22-7-4-16-35-22/h2-11,16H,12-15,17H2,1H3. The molecule has 176 valence electrons. The molecule has 1 saturated heterocycles. The normalized spacial score (nSPS) is 14.1. The van der Waals surface area contributed by atoms with E-state index >= 15 is 0 Å². The zero-order valence-electron chi connectivity index (χ0n) is 19.3. The zero-order valence-corrected chi connectivity index (χ0v) is 19.3. The summed E-state index contributed by atoms with van der Waals surface area (Å²) in [7, 11) is 1.63. The summed E-state index contributed by atoms with van der Waals surface area (Å²) in [5, 5.41) is 9.82. The molecule has 4 heterocycles. The topological polar surface area (TPSA) is 89.0 Å². The number of methoxy groups -OCH3 is 1. The lowest BCUT2D eigenvalue weighted by molar-refractivity contribution is -0.130. The van der Waals surface area contributed by atoms with Crippen molar-refractivity contribution in [3.8, 4) is 17.3 Å². The number of anilines is 1. The number of amides is 1. The molecule has 0 spiro atoms. The third-order valence-electron chi connectivity index (χ3n) is 6.40. The minimum absolute atomic E-state index is 0.118. The maximum absolute atomic E-state index is 12.9. The summed E-state index contributed by atoms with van der Waals surface area (Å²) in [5.41, 5.74) is 2.56. The van der Waals surface area contributed by atoms with Crippen LogP contribution in [-0.4, -0.2) is 63.7 Å². The molecule has 3 aromatic heterocycles. The summed E-state index contributed by atoms with van der Waals surface area (Å²) in [4.78, 5) is 22.0. The summed E-state index contributed by atoms with van der Waals surface area (Å²) >= 11 is 0. The molecule has 0 aliphatic carbocycles. The summed E-state index contributed by atoms with van der Waals surface area (Å²) in [6, 6.07) is 19.2. The van der Waals surface area contributed by atoms with Crippen molar-refractivity contribution in [3.05, 3.63) is 72.5 Å². The van der Waals surface area contributed by atoms with Crippen LogP contribution in [0.15, 0.2) is 71.3 Å². The quantitative estimate of drug-likeness (QED) is 0.390. The molecule has 0 radical (unpaired) electrons. The van der Waals surface area contributed by atoms with E-state index in [-0.39, 0.29) is 5.91 Å². The molecule has 2 aromatic carbocycles. The Kier molecular flexibility index (Phi) is 5.29. The van der Waals surface area contributed by atoms with Gasteiger partial charge in [-0.05, 0) is 42.0 Å². The van der Waals surface area contributed by atoms with Gasteiger partial charge in [0.15, 0.2) is 11.4 Å². The fraction of sp³-hybridized carbons (Fsp3) is 0.231. The SMILES string of the molecule is COc1ccc(CC(=O)N2CCN(c3nc4ccccc4c4nnc(-c5ccco5)n34)CC2)cc1. The number of piperazine rings is 1. The molecule has 6 rings (SSSR count). The second-order valence-corrected chi connectivity index (χ2v) is 8.48. The first-order valence-corrected chi connectivity index (χ1v) is 11.5. The number of ether oxygens (including phenoxy) is 1. The maximum Gasteiger partial charge on any atom is 0.227 e. The van der Waals surface area contributed by atoms with Gasteiger partial charge in [-0.15, -0.1) is 10.2 Å². The third-order valence-corrected chi connectivity index (χ3v) is 6.40. The minimum atomic E-state index is 0.118. The summed E-state index contributed by atoms with van der Waals surface area (Å²) in [6.07, 6.45) is 1.99. The monoisotopic (exact) mass is 468 g/mol. The molecular formula is C26H24N6O3. The first-order valence-electron chi connectivity index (χ1n) is 11.5. The second-order valence-electron chi connectivity index (χ2n) is 8.48. The van der Waals surface area contributed by atoms with Crippen LogP contribution < -0.4 is 9.64 Å². The Morgan fingerprint density at radius 1 is 0.971 bits per heavy atom. The fourth-order valence-corrected chi connectivity index (χ4v) is 4.53. The molecule has 0 N–H and O–H groups in total. The average molecular weight is 469 g/mol. The second kappa shape index (κ2) is 8.75. The van der Waals surface area contributed by atoms with Crippen molar-refractivity contribution in [2.75, 3.05) is 38.2 Å². The van der Waals surface area contributed by atoms with E-state index in [4.69, 9.17) is 14.1 Å². The molecule has 0 saturated carbocycles. The van der Waals surface area contributed by atoms with E-state index in [1.165, 1.54) is 0 Å². The molecule has 0 bridgehead atoms. The van der Waals surface area contributed by atoms with Crippen LogP contribution in [0.5, 0.6) is 5.75 Å². The highest BCUT2D eigenvalue weighted by Gasteiger charge is 2.26. The molecule has 35 heavy (non-hydrogen) atoms. The van der Waals surface area contributed by atoms with E-state index in [2.05, 4.69) is 15.1 Å². The Bertz CT molecular complexity index is 1490. The average Bonchev–Trinajstić information content (AvgIpc) is 3.59. The Hall–Kier alpha value is -4.40. The van der Waals surface area contributed by atoms with Gasteiger partial charge in [-0.1, -0.05) is 24.3 Å². The van der Waals surface area contributed by atoms with Gasteiger partial charge in [0.05, 0.1) is 25.3 Å². The minimum Gasteiger partial charge on any atom is -0.497 e. The number of furan rings is 1. The number of rotatable bonds is 5. The predicted octanol–water partition coefficient (Wildman–Crippen LogP) is 3.44. The van der Waals surface area contributed by atoms with Crippen LogP contribution >= 0.6 is 0 Å². The molecule has 0 atom stereocenters. The van der Waals surface area contributed by atoms with Gasteiger partial charge in [0.25, 0.3) is 0 Å². The van der Waals surface area contributed by atoms with E-state index in [0.29, 0.717) is 44.2 Å². The van der Waals surface area contributed by atoms with Gasteiger partial charge in [0.2, 0.25) is 17.7 Å². The Balaban J connectivity index is 1.27. The summed E-state index contributed by atoms with van der Waals surface area (Å²) in [5.74, 6) is 2.89. The van der Waals surface area contributed by atoms with E-state index in [0.717, 1.165) is 33.8 Å². The number of carbonyl (C=O) groups excluding carboxylic acids is 1. The van der Waals surface area contributed by atoms with Crippen molar-refractivity contribution in [2.24, 2.45) is 0 Å². The largest absolute Gasteiger partial charge is 0.497 e. The number of benzene rings is 2. The van der Waals surface area contributed by atoms with Crippen LogP contribution in [-0.2, 0) is 11.2 Å². The van der Waals surface area contributed by atoms with Crippen molar-refractivity contribution in [3.63, 3.8) is 0 Å². The van der Waals surface area contributed by atoms with Crippen LogP contribution in [0.3, 0.4) is 0 Å². The number of fused-ring (bicyclic) bond motifs is 3. The smallest absolute Gasteiger partial charge is 0.227 e. The van der Waals surface area contributed by atoms with Gasteiger partial charge in [0, 0.05) is 31.6 Å². The van der Waals surface area contributed by atoms with Gasteiger partial charge in [-0.2, -0.15) is 0 Å². The van der Waals surface area contributed by atoms with Crippen LogP contribution in [0, 0.1) is 0 Å². The molecule has 1 aliphatic heterocycles. The lowest BCUT2D eigenvalue weighted by atomic mass is 10.1. The highest BCUT2D eigenvalue weighted by atomic mass is 16.5. The first-order chi connectivity index (χ1) is 17.2. The lowest BCUT2D eigenvalue weighted by Crippen LogP contribution is -2.50. The highest BCUT2D eigenvalue weighted by molar-refractivity contribution is 5.93. The molecule has 5 aromatic rings. The fourth-order valence-electron chi connectivity index (χ4n) is 4.53. The highest BCUT2D eigenvalue weighted by Crippen LogP contribution is 2.29. The zero-order chi connectivity index (χ0) is 23.8. The summed E-state index contributed by atoms with van der Waals surface area (Å²) < 4.78 is 12.8. The molecule has 1 fully saturated rings. The van der Waals surface area contributed by atoms with E-state index < -0.39 is 0 Å². The van der Waals surface area contributed by atoms with Crippen molar-refractivity contribution in [2.45, 2.75) is 6.42 Å². The Morgan fingerprint density at radius 2 is 1.77 bits per heavy atom. The Morgan fingerprint density at radius 3 is 2.51 bits per heavy atom. The predicted molar refractivity (Wildman–Crippen MR) is 131 cm³/mol. The number of nitrogens with zero attached hydrogens (tertiary/aromatic N) is 6. The molecule has 1 amide bonds. The number of hydrogen-bond acceptors (Lipinski definition) is 7. The van der Waals surface area contributed by atoms with Gasteiger partial charge in [-0.25, -0.2) is 9.38 Å². The van der Waals surface area contributed by atoms with Crippen LogP contribution in [0.25, 0.3) is 28.1 Å². The number of carbonyl (C=O) groups is 1. The van der Waals surface area contributed by atoms with Crippen molar-refractivity contribution in [1.82, 2.24) is 24.5 Å². The van der Waals surface area contributed by atoms with Gasteiger partial charge < -0.3 is 19.0 Å². The van der Waals surface area contributed by atoms with Crippen molar-refractivity contribution >= 4 is 28.4 Å². The van der Waals surface area contributed by atoms with Crippen LogP contribution in [0.1, 0.15) is 5.56 Å². The number of hydrogen-bond donors (Lipinski definition) is 0. The van der Waals surface area contributed by atoms with E-state index in [1.54, 1.807) is 13.4 Å². The molecule has 9 nitrogen and oxygen atoms in total. The van der Waals surface area contributed by atoms with Crippen molar-refractivity contribution in [1.29, 1.82) is 0 Å². The third kappa shape index (κ3) is 3.84. The lowest BCUT2D eigenvalue weighted by Gasteiger charge is -2.35. The van der Waals surface area contributed by atoms with E-state index in [1.807, 2.05) is 70.0 Å². The number of para-hydroxylation sites is 1. The van der Waals surface area contributed by atoms with Gasteiger partial charge >= 0.3 is 0 Å². The van der Waals surface area contributed by atoms with Crippen LogP contribution in [0.2, 0.25) is 0 Å². The molecule has 0 unspecified atom stereocenters. The van der Waals surface area contributed by atoms with Crippen LogP contribution in [0.4, 0.5) is 5.95 Å². The molecular weight excluding hydrogens is 444 g/mol. The van der Waals surface area contributed by atoms with E-state index in [9.17, 15) is 4.79 Å². The van der Waals surface area contributed by atoms with Crippen molar-refractivity contribution < 1.29 is 13.9 Å². The van der Waals surface area contributed by atoms with Gasteiger partial charge in [0.1, 0.15) is 5.75 Å². The first kappa shape index (κ1) is 21.2. The maximum atomic E-state index is 12.9. The number of aromatic nitrogens is 4. The molecule has 1 aliphatic rings. The molecule has 9 heteroatoms. The Labute approximate surface area is 201 Å².